The van der Waals surface area contributed by atoms with E-state index >= 15 is 0 Å². The van der Waals surface area contributed by atoms with Crippen LogP contribution < -0.4 is 0 Å². The minimum atomic E-state index is -4.66. The molecular weight excluding hydrogens is 253 g/mol. The average Bonchev–Trinajstić information content (AvgIpc) is 2.35. The monoisotopic (exact) mass is 268 g/mol. The number of halogens is 3. The Morgan fingerprint density at radius 3 is 2.21 bits per heavy atom. The maximum absolute atomic E-state index is 12.9. The Kier molecular flexibility index (Phi) is 3.54. The van der Waals surface area contributed by atoms with Gasteiger partial charge in [-0.05, 0) is 22.3 Å². The van der Waals surface area contributed by atoms with Crippen LogP contribution in [0.4, 0.5) is 13.2 Å². The van der Waals surface area contributed by atoms with E-state index in [0.29, 0.717) is 16.3 Å². The predicted octanol–water partition coefficient (Wildman–Crippen LogP) is 4.56. The molecule has 0 fully saturated rings. The highest BCUT2D eigenvalue weighted by Gasteiger charge is 2.41. The van der Waals surface area contributed by atoms with E-state index in [1.807, 2.05) is 13.8 Å². The molecule has 1 N–H and O–H groups in total. The number of aliphatic hydroxyl groups is 1. The highest BCUT2D eigenvalue weighted by molar-refractivity contribution is 5.87. The second-order valence-electron chi connectivity index (χ2n) is 4.89. The van der Waals surface area contributed by atoms with Gasteiger partial charge in [0, 0.05) is 5.56 Å². The van der Waals surface area contributed by atoms with Crippen LogP contribution in [-0.2, 0) is 0 Å². The van der Waals surface area contributed by atoms with Crippen molar-refractivity contribution in [1.29, 1.82) is 0 Å². The van der Waals surface area contributed by atoms with Crippen LogP contribution in [0.2, 0.25) is 0 Å². The summed E-state index contributed by atoms with van der Waals surface area (Å²) in [5.74, 6) is -0.0865. The summed E-state index contributed by atoms with van der Waals surface area (Å²) >= 11 is 0. The second kappa shape index (κ2) is 4.85. The number of rotatable bonds is 2. The standard InChI is InChI=1S/C15H15F3O/c1-9(2)11-8-7-10-5-3-4-6-12(10)13(11)14(19)15(16,17)18/h3-9,14,19H,1-2H3. The van der Waals surface area contributed by atoms with Crippen LogP contribution >= 0.6 is 0 Å². The number of fused-ring (bicyclic) bond motifs is 1. The van der Waals surface area contributed by atoms with Gasteiger partial charge in [0.05, 0.1) is 0 Å². The molecule has 1 nitrogen and oxygen atoms in total. The second-order valence-corrected chi connectivity index (χ2v) is 4.89. The first kappa shape index (κ1) is 13.9. The first-order chi connectivity index (χ1) is 8.82. The molecule has 0 aliphatic rings. The third-order valence-corrected chi connectivity index (χ3v) is 3.21. The van der Waals surface area contributed by atoms with Crippen molar-refractivity contribution in [2.45, 2.75) is 32.0 Å². The zero-order chi connectivity index (χ0) is 14.2. The van der Waals surface area contributed by atoms with Crippen LogP contribution in [0.5, 0.6) is 0 Å². The van der Waals surface area contributed by atoms with Crippen LogP contribution in [0.3, 0.4) is 0 Å². The lowest BCUT2D eigenvalue weighted by molar-refractivity contribution is -0.206. The van der Waals surface area contributed by atoms with Gasteiger partial charge in [0.2, 0.25) is 0 Å². The predicted molar refractivity (Wildman–Crippen MR) is 69.1 cm³/mol. The van der Waals surface area contributed by atoms with Gasteiger partial charge in [-0.1, -0.05) is 50.2 Å². The van der Waals surface area contributed by atoms with E-state index in [2.05, 4.69) is 0 Å². The third-order valence-electron chi connectivity index (χ3n) is 3.21. The van der Waals surface area contributed by atoms with Gasteiger partial charge in [-0.15, -0.1) is 0 Å². The quantitative estimate of drug-likeness (QED) is 0.846. The summed E-state index contributed by atoms with van der Waals surface area (Å²) in [6, 6.07) is 10.3. The topological polar surface area (TPSA) is 20.2 Å². The Morgan fingerprint density at radius 2 is 1.63 bits per heavy atom. The lowest BCUT2D eigenvalue weighted by Gasteiger charge is -2.22. The Labute approximate surface area is 109 Å². The maximum Gasteiger partial charge on any atom is 0.418 e. The van der Waals surface area contributed by atoms with Gasteiger partial charge in [-0.2, -0.15) is 13.2 Å². The molecule has 0 amide bonds. The fourth-order valence-corrected chi connectivity index (χ4v) is 2.28. The van der Waals surface area contributed by atoms with Gasteiger partial charge >= 0.3 is 6.18 Å². The molecule has 4 heteroatoms. The van der Waals surface area contributed by atoms with Crippen molar-refractivity contribution in [2.24, 2.45) is 0 Å². The molecule has 1 unspecified atom stereocenters. The van der Waals surface area contributed by atoms with Gasteiger partial charge in [0.1, 0.15) is 0 Å². The molecule has 0 aromatic heterocycles. The highest BCUT2D eigenvalue weighted by atomic mass is 19.4. The van der Waals surface area contributed by atoms with Gasteiger partial charge in [-0.3, -0.25) is 0 Å². The maximum atomic E-state index is 12.9. The Balaban J connectivity index is 2.76. The molecule has 0 radical (unpaired) electrons. The van der Waals surface area contributed by atoms with E-state index in [-0.39, 0.29) is 11.5 Å². The van der Waals surface area contributed by atoms with E-state index in [1.54, 1.807) is 36.4 Å². The highest BCUT2D eigenvalue weighted by Crippen LogP contribution is 2.40. The fraction of sp³-hybridized carbons (Fsp3) is 0.333. The summed E-state index contributed by atoms with van der Waals surface area (Å²) in [6.45, 7) is 3.63. The van der Waals surface area contributed by atoms with Crippen molar-refractivity contribution in [3.8, 4) is 0 Å². The van der Waals surface area contributed by atoms with Crippen LogP contribution in [0.1, 0.15) is 37.0 Å². The molecule has 0 saturated heterocycles. The van der Waals surface area contributed by atoms with E-state index < -0.39 is 12.3 Å². The number of aliphatic hydroxyl groups excluding tert-OH is 1. The number of hydrogen-bond acceptors (Lipinski definition) is 1. The van der Waals surface area contributed by atoms with E-state index in [4.69, 9.17) is 0 Å². The number of hydrogen-bond donors (Lipinski definition) is 1. The van der Waals surface area contributed by atoms with Gasteiger partial charge in [0.15, 0.2) is 6.10 Å². The lowest BCUT2D eigenvalue weighted by Crippen LogP contribution is -2.22. The van der Waals surface area contributed by atoms with Crippen molar-refractivity contribution in [3.63, 3.8) is 0 Å². The summed E-state index contributed by atoms with van der Waals surface area (Å²) < 4.78 is 38.6. The Morgan fingerprint density at radius 1 is 1.00 bits per heavy atom. The lowest BCUT2D eigenvalue weighted by atomic mass is 9.89. The van der Waals surface area contributed by atoms with E-state index in [9.17, 15) is 18.3 Å². The molecule has 2 rings (SSSR count). The van der Waals surface area contributed by atoms with Crippen molar-refractivity contribution >= 4 is 10.8 Å². The summed E-state index contributed by atoms with van der Waals surface area (Å²) in [7, 11) is 0. The molecule has 2 aromatic rings. The molecular formula is C15H15F3O. The summed E-state index contributed by atoms with van der Waals surface area (Å²) in [5.41, 5.74) is 0.504. The SMILES string of the molecule is CC(C)c1ccc2ccccc2c1C(O)C(F)(F)F. The van der Waals surface area contributed by atoms with Crippen molar-refractivity contribution in [3.05, 3.63) is 47.5 Å². The molecule has 0 saturated carbocycles. The third kappa shape index (κ3) is 2.59. The molecule has 102 valence electrons. The van der Waals surface area contributed by atoms with Crippen LogP contribution in [0.25, 0.3) is 10.8 Å². The van der Waals surface area contributed by atoms with Gasteiger partial charge in [0.25, 0.3) is 0 Å². The number of benzene rings is 2. The van der Waals surface area contributed by atoms with Crippen molar-refractivity contribution < 1.29 is 18.3 Å². The Hall–Kier alpha value is -1.55. The first-order valence-corrected chi connectivity index (χ1v) is 6.08. The molecule has 0 heterocycles. The van der Waals surface area contributed by atoms with E-state index in [0.717, 1.165) is 0 Å². The summed E-state index contributed by atoms with van der Waals surface area (Å²) in [6.07, 6.45) is -7.11. The average molecular weight is 268 g/mol. The number of alkyl halides is 3. The molecule has 0 aliphatic carbocycles. The molecule has 19 heavy (non-hydrogen) atoms. The van der Waals surface area contributed by atoms with Crippen LogP contribution in [0.15, 0.2) is 36.4 Å². The fourth-order valence-electron chi connectivity index (χ4n) is 2.28. The molecule has 2 aromatic carbocycles. The zero-order valence-corrected chi connectivity index (χ0v) is 10.7. The largest absolute Gasteiger partial charge is 0.418 e. The van der Waals surface area contributed by atoms with Gasteiger partial charge in [-0.25, -0.2) is 0 Å². The smallest absolute Gasteiger partial charge is 0.379 e. The van der Waals surface area contributed by atoms with Crippen molar-refractivity contribution in [1.82, 2.24) is 0 Å². The first-order valence-electron chi connectivity index (χ1n) is 6.08. The van der Waals surface area contributed by atoms with Crippen LogP contribution in [-0.4, -0.2) is 11.3 Å². The summed E-state index contributed by atoms with van der Waals surface area (Å²) in [5, 5.41) is 10.8. The van der Waals surface area contributed by atoms with Gasteiger partial charge < -0.3 is 5.11 Å². The van der Waals surface area contributed by atoms with Crippen LogP contribution in [0, 0.1) is 0 Å². The zero-order valence-electron chi connectivity index (χ0n) is 10.7. The summed E-state index contributed by atoms with van der Waals surface area (Å²) in [4.78, 5) is 0. The molecule has 0 aliphatic heterocycles. The minimum absolute atomic E-state index is 0.0272. The van der Waals surface area contributed by atoms with Crippen molar-refractivity contribution in [2.75, 3.05) is 0 Å². The molecule has 1 atom stereocenters. The Bertz CT molecular complexity index is 587. The molecule has 0 spiro atoms. The minimum Gasteiger partial charge on any atom is -0.379 e. The normalized spacial score (nSPS) is 14.1. The van der Waals surface area contributed by atoms with E-state index in [1.165, 1.54) is 0 Å². The molecule has 0 bridgehead atoms.